The van der Waals surface area contributed by atoms with E-state index in [1.807, 2.05) is 34.5 Å². The van der Waals surface area contributed by atoms with E-state index in [-0.39, 0.29) is 5.91 Å². The highest BCUT2D eigenvalue weighted by atomic mass is 79.9. The van der Waals surface area contributed by atoms with Gasteiger partial charge in [-0.2, -0.15) is 0 Å². The van der Waals surface area contributed by atoms with Gasteiger partial charge in [0.2, 0.25) is 0 Å². The van der Waals surface area contributed by atoms with Crippen LogP contribution in [-0.2, 0) is 6.42 Å². The SMILES string of the molecule is Nc1cccc2c1CCCN2C(=O)c1sccc1Br. The van der Waals surface area contributed by atoms with Gasteiger partial charge in [0.05, 0.1) is 0 Å². The number of thiophene rings is 1. The molecule has 1 amide bonds. The third-order valence-corrected chi connectivity index (χ3v) is 5.17. The molecule has 0 saturated carbocycles. The van der Waals surface area contributed by atoms with Gasteiger partial charge >= 0.3 is 0 Å². The summed E-state index contributed by atoms with van der Waals surface area (Å²) in [6.07, 6.45) is 1.90. The van der Waals surface area contributed by atoms with Gasteiger partial charge in [-0.05, 0) is 57.9 Å². The van der Waals surface area contributed by atoms with Gasteiger partial charge in [0, 0.05) is 22.4 Å². The molecule has 5 heteroatoms. The fourth-order valence-electron chi connectivity index (χ4n) is 2.43. The molecule has 0 aliphatic carbocycles. The second-order valence-corrected chi connectivity index (χ2v) is 6.27. The fraction of sp³-hybridized carbons (Fsp3) is 0.214. The van der Waals surface area contributed by atoms with Crippen LogP contribution in [0.25, 0.3) is 0 Å². The topological polar surface area (TPSA) is 46.3 Å². The molecule has 0 saturated heterocycles. The Bertz CT molecular complexity index is 638. The lowest BCUT2D eigenvalue weighted by Gasteiger charge is -2.30. The van der Waals surface area contributed by atoms with Gasteiger partial charge in [-0.3, -0.25) is 4.79 Å². The van der Waals surface area contributed by atoms with Crippen molar-refractivity contribution >= 4 is 44.5 Å². The van der Waals surface area contributed by atoms with Crippen LogP contribution in [0.2, 0.25) is 0 Å². The zero-order chi connectivity index (χ0) is 13.4. The number of anilines is 2. The molecule has 98 valence electrons. The number of nitrogens with zero attached hydrogens (tertiary/aromatic N) is 1. The molecule has 1 aromatic heterocycles. The van der Waals surface area contributed by atoms with E-state index < -0.39 is 0 Å². The molecule has 0 atom stereocenters. The van der Waals surface area contributed by atoms with Crippen molar-refractivity contribution in [2.75, 3.05) is 17.2 Å². The van der Waals surface area contributed by atoms with Crippen molar-refractivity contribution in [3.05, 3.63) is 44.6 Å². The number of hydrogen-bond donors (Lipinski definition) is 1. The molecular weight excluding hydrogens is 324 g/mol. The zero-order valence-corrected chi connectivity index (χ0v) is 12.6. The number of fused-ring (bicyclic) bond motifs is 1. The van der Waals surface area contributed by atoms with E-state index in [1.54, 1.807) is 0 Å². The Kier molecular flexibility index (Phi) is 3.33. The van der Waals surface area contributed by atoms with Crippen LogP contribution >= 0.6 is 27.3 Å². The maximum Gasteiger partial charge on any atom is 0.269 e. The smallest absolute Gasteiger partial charge is 0.269 e. The number of amides is 1. The van der Waals surface area contributed by atoms with Crippen LogP contribution in [0, 0.1) is 0 Å². The number of hydrogen-bond acceptors (Lipinski definition) is 3. The second kappa shape index (κ2) is 4.98. The first-order chi connectivity index (χ1) is 9.18. The number of benzene rings is 1. The Morgan fingerprint density at radius 1 is 1.37 bits per heavy atom. The molecule has 3 nitrogen and oxygen atoms in total. The number of carbonyl (C=O) groups is 1. The minimum absolute atomic E-state index is 0.0495. The van der Waals surface area contributed by atoms with Gasteiger partial charge in [-0.25, -0.2) is 0 Å². The molecule has 2 N–H and O–H groups in total. The van der Waals surface area contributed by atoms with E-state index in [4.69, 9.17) is 5.73 Å². The molecule has 2 aromatic rings. The lowest BCUT2D eigenvalue weighted by Crippen LogP contribution is -2.35. The van der Waals surface area contributed by atoms with Crippen molar-refractivity contribution in [2.45, 2.75) is 12.8 Å². The quantitative estimate of drug-likeness (QED) is 0.807. The molecule has 3 rings (SSSR count). The Morgan fingerprint density at radius 3 is 2.95 bits per heavy atom. The van der Waals surface area contributed by atoms with Crippen LogP contribution in [0.5, 0.6) is 0 Å². The van der Waals surface area contributed by atoms with Crippen molar-refractivity contribution in [1.29, 1.82) is 0 Å². The lowest BCUT2D eigenvalue weighted by atomic mass is 10.00. The maximum absolute atomic E-state index is 12.6. The Morgan fingerprint density at radius 2 is 2.21 bits per heavy atom. The van der Waals surface area contributed by atoms with Gasteiger partial charge in [-0.15, -0.1) is 11.3 Å². The van der Waals surface area contributed by atoms with Gasteiger partial charge in [0.1, 0.15) is 4.88 Å². The molecule has 0 unspecified atom stereocenters. The van der Waals surface area contributed by atoms with Crippen LogP contribution in [0.15, 0.2) is 34.1 Å². The summed E-state index contributed by atoms with van der Waals surface area (Å²) in [4.78, 5) is 15.2. The van der Waals surface area contributed by atoms with Crippen LogP contribution in [0.1, 0.15) is 21.7 Å². The highest BCUT2D eigenvalue weighted by molar-refractivity contribution is 9.10. The van der Waals surface area contributed by atoms with Crippen molar-refractivity contribution in [3.63, 3.8) is 0 Å². The van der Waals surface area contributed by atoms with Crippen LogP contribution < -0.4 is 10.6 Å². The average Bonchev–Trinajstić information content (AvgIpc) is 2.84. The molecule has 1 aliphatic rings. The zero-order valence-electron chi connectivity index (χ0n) is 10.2. The fourth-order valence-corrected chi connectivity index (χ4v) is 3.92. The summed E-state index contributed by atoms with van der Waals surface area (Å²) in [5.74, 6) is 0.0495. The highest BCUT2D eigenvalue weighted by Crippen LogP contribution is 2.34. The number of rotatable bonds is 1. The first-order valence-electron chi connectivity index (χ1n) is 6.10. The van der Waals surface area contributed by atoms with Gasteiger partial charge in [-0.1, -0.05) is 6.07 Å². The summed E-state index contributed by atoms with van der Waals surface area (Å²) in [6, 6.07) is 7.68. The van der Waals surface area contributed by atoms with Gasteiger partial charge < -0.3 is 10.6 Å². The van der Waals surface area contributed by atoms with Gasteiger partial charge in [0.25, 0.3) is 5.91 Å². The number of halogens is 1. The number of carbonyl (C=O) groups excluding carboxylic acids is 1. The third kappa shape index (κ3) is 2.17. The predicted octanol–water partition coefficient (Wildman–Crippen LogP) is 3.69. The minimum Gasteiger partial charge on any atom is -0.398 e. The molecule has 0 spiro atoms. The van der Waals surface area contributed by atoms with Crippen LogP contribution in [0.3, 0.4) is 0 Å². The third-order valence-electron chi connectivity index (χ3n) is 3.34. The summed E-state index contributed by atoms with van der Waals surface area (Å²) in [5.41, 5.74) is 8.83. The van der Waals surface area contributed by atoms with Crippen LogP contribution in [0.4, 0.5) is 11.4 Å². The van der Waals surface area contributed by atoms with E-state index in [9.17, 15) is 4.79 Å². The number of nitrogen functional groups attached to an aromatic ring is 1. The summed E-state index contributed by atoms with van der Waals surface area (Å²) in [7, 11) is 0. The lowest BCUT2D eigenvalue weighted by molar-refractivity contribution is 0.0988. The molecule has 0 radical (unpaired) electrons. The van der Waals surface area contributed by atoms with E-state index in [0.717, 1.165) is 45.7 Å². The van der Waals surface area contributed by atoms with E-state index in [2.05, 4.69) is 15.9 Å². The monoisotopic (exact) mass is 336 g/mol. The molecule has 1 aromatic carbocycles. The summed E-state index contributed by atoms with van der Waals surface area (Å²) < 4.78 is 0.860. The minimum atomic E-state index is 0.0495. The van der Waals surface area contributed by atoms with Crippen LogP contribution in [-0.4, -0.2) is 12.5 Å². The molecule has 1 aliphatic heterocycles. The molecule has 19 heavy (non-hydrogen) atoms. The van der Waals surface area contributed by atoms with Crippen molar-refractivity contribution in [2.24, 2.45) is 0 Å². The van der Waals surface area contributed by atoms with E-state index >= 15 is 0 Å². The highest BCUT2D eigenvalue weighted by Gasteiger charge is 2.26. The Hall–Kier alpha value is -1.33. The Balaban J connectivity index is 2.03. The van der Waals surface area contributed by atoms with Crippen molar-refractivity contribution in [3.8, 4) is 0 Å². The normalized spacial score (nSPS) is 14.3. The molecule has 0 bridgehead atoms. The summed E-state index contributed by atoms with van der Waals surface area (Å²) >= 11 is 4.89. The first-order valence-corrected chi connectivity index (χ1v) is 7.78. The molecule has 0 fully saturated rings. The largest absolute Gasteiger partial charge is 0.398 e. The van der Waals surface area contributed by atoms with E-state index in [0.29, 0.717) is 0 Å². The standard InChI is InChI=1S/C14H13BrN2OS/c15-10-6-8-19-13(10)14(18)17-7-2-3-9-11(16)4-1-5-12(9)17/h1,4-6,8H,2-3,7,16H2. The first kappa shape index (κ1) is 12.7. The maximum atomic E-state index is 12.6. The molecule has 2 heterocycles. The summed E-state index contributed by atoms with van der Waals surface area (Å²) in [5, 5.41) is 1.92. The average molecular weight is 337 g/mol. The number of nitrogens with two attached hydrogens (primary N) is 1. The van der Waals surface area contributed by atoms with Gasteiger partial charge in [0.15, 0.2) is 0 Å². The van der Waals surface area contributed by atoms with E-state index in [1.165, 1.54) is 11.3 Å². The molecular formula is C14H13BrN2OS. The second-order valence-electron chi connectivity index (χ2n) is 4.50. The predicted molar refractivity (Wildman–Crippen MR) is 82.9 cm³/mol. The summed E-state index contributed by atoms with van der Waals surface area (Å²) in [6.45, 7) is 0.750. The Labute approximate surface area is 124 Å². The van der Waals surface area contributed by atoms with Crippen molar-refractivity contribution in [1.82, 2.24) is 0 Å². The van der Waals surface area contributed by atoms with Crippen molar-refractivity contribution < 1.29 is 4.79 Å².